The molecule has 0 aliphatic heterocycles. The summed E-state index contributed by atoms with van der Waals surface area (Å²) in [5.74, 6) is -6.38. The SMILES string of the molecule is O=C(CN(Cc1cc(F)cc(F)c1)C(=O)c1cnn(C2CCC(C(=O)O)CC2)c1C(F)(F)F)c1c(Cl)cc(C(F)F)cc1Cl. The van der Waals surface area contributed by atoms with Crippen LogP contribution in [-0.4, -0.2) is 44.0 Å². The van der Waals surface area contributed by atoms with Crippen LogP contribution in [0.3, 0.4) is 0 Å². The minimum Gasteiger partial charge on any atom is -0.481 e. The van der Waals surface area contributed by atoms with Gasteiger partial charge in [0, 0.05) is 18.2 Å². The molecule has 44 heavy (non-hydrogen) atoms. The third-order valence-electron chi connectivity index (χ3n) is 7.20. The standard InChI is InChI=1S/C28H22Cl2F7N3O4/c29-20-7-15(25(33)34)8-21(30)23(20)22(41)12-39(11-13-5-16(31)9-17(32)6-13)26(42)19-10-38-40(24(19)28(35,36)37)18-3-1-14(2-4-18)27(43)44/h5-10,14,18,25H,1-4,11-12H2,(H,43,44). The molecular formula is C28H22Cl2F7N3O4. The predicted molar refractivity (Wildman–Crippen MR) is 143 cm³/mol. The van der Waals surface area contributed by atoms with Crippen molar-refractivity contribution in [1.29, 1.82) is 0 Å². The van der Waals surface area contributed by atoms with E-state index in [1.807, 2.05) is 0 Å². The molecule has 1 fully saturated rings. The number of carbonyl (C=O) groups is 3. The van der Waals surface area contributed by atoms with Crippen LogP contribution in [0.5, 0.6) is 0 Å². The van der Waals surface area contributed by atoms with Gasteiger partial charge in [0.25, 0.3) is 12.3 Å². The molecule has 236 valence electrons. The van der Waals surface area contributed by atoms with E-state index in [0.29, 0.717) is 21.8 Å². The van der Waals surface area contributed by atoms with Crippen molar-refractivity contribution in [3.8, 4) is 0 Å². The highest BCUT2D eigenvalue weighted by Crippen LogP contribution is 2.39. The number of rotatable bonds is 9. The summed E-state index contributed by atoms with van der Waals surface area (Å²) >= 11 is 12.0. The monoisotopic (exact) mass is 667 g/mol. The van der Waals surface area contributed by atoms with E-state index in [9.17, 15) is 50.2 Å². The van der Waals surface area contributed by atoms with Gasteiger partial charge in [0.2, 0.25) is 0 Å². The molecule has 1 heterocycles. The molecule has 2 aromatic carbocycles. The Labute approximate surface area is 255 Å². The second-order valence-electron chi connectivity index (χ2n) is 10.2. The van der Waals surface area contributed by atoms with Crippen LogP contribution in [0.15, 0.2) is 36.5 Å². The molecule has 0 saturated heterocycles. The highest BCUT2D eigenvalue weighted by molar-refractivity contribution is 6.40. The van der Waals surface area contributed by atoms with Gasteiger partial charge in [-0.1, -0.05) is 23.2 Å². The number of aliphatic carboxylic acids is 1. The molecule has 0 atom stereocenters. The average molecular weight is 668 g/mol. The van der Waals surface area contributed by atoms with Crippen LogP contribution in [0.1, 0.15) is 75.7 Å². The molecule has 1 saturated carbocycles. The van der Waals surface area contributed by atoms with Gasteiger partial charge in [-0.3, -0.25) is 19.1 Å². The summed E-state index contributed by atoms with van der Waals surface area (Å²) in [5, 5.41) is 12.0. The zero-order valence-electron chi connectivity index (χ0n) is 22.4. The molecule has 1 N–H and O–H groups in total. The summed E-state index contributed by atoms with van der Waals surface area (Å²) in [6.45, 7) is -1.77. The summed E-state index contributed by atoms with van der Waals surface area (Å²) in [5.41, 5.74) is -3.77. The van der Waals surface area contributed by atoms with Gasteiger partial charge in [0.15, 0.2) is 11.5 Å². The number of hydrogen-bond donors (Lipinski definition) is 1. The first kappa shape index (κ1) is 33.2. The summed E-state index contributed by atoms with van der Waals surface area (Å²) in [6.07, 6.45) is -7.25. The number of hydrogen-bond acceptors (Lipinski definition) is 4. The summed E-state index contributed by atoms with van der Waals surface area (Å²) < 4.78 is 98.0. The third kappa shape index (κ3) is 7.34. The fourth-order valence-corrected chi connectivity index (χ4v) is 5.89. The maximum absolute atomic E-state index is 14.4. The minimum absolute atomic E-state index is 0.0335. The number of carbonyl (C=O) groups excluding carboxylic acids is 2. The highest BCUT2D eigenvalue weighted by atomic mass is 35.5. The lowest BCUT2D eigenvalue weighted by molar-refractivity contribution is -0.147. The van der Waals surface area contributed by atoms with Crippen molar-refractivity contribution >= 4 is 40.9 Å². The second kappa shape index (κ2) is 13.1. The maximum atomic E-state index is 14.4. The van der Waals surface area contributed by atoms with E-state index < -0.39 is 99.4 Å². The molecule has 4 rings (SSSR count). The molecule has 1 aliphatic carbocycles. The van der Waals surface area contributed by atoms with E-state index in [4.69, 9.17) is 23.2 Å². The van der Waals surface area contributed by atoms with Gasteiger partial charge in [-0.05, 0) is 55.5 Å². The zero-order chi connectivity index (χ0) is 32.5. The predicted octanol–water partition coefficient (Wildman–Crippen LogP) is 7.77. The number of amides is 1. The molecule has 1 aromatic heterocycles. The van der Waals surface area contributed by atoms with E-state index in [1.165, 1.54) is 0 Å². The van der Waals surface area contributed by atoms with E-state index in [2.05, 4.69) is 5.10 Å². The maximum Gasteiger partial charge on any atom is 0.433 e. The van der Waals surface area contributed by atoms with Crippen molar-refractivity contribution in [3.05, 3.63) is 86.2 Å². The van der Waals surface area contributed by atoms with Crippen molar-refractivity contribution < 1.29 is 50.2 Å². The Morgan fingerprint density at radius 3 is 2.05 bits per heavy atom. The Bertz CT molecular complexity index is 1540. The van der Waals surface area contributed by atoms with Gasteiger partial charge in [-0.15, -0.1) is 0 Å². The summed E-state index contributed by atoms with van der Waals surface area (Å²) in [4.78, 5) is 38.8. The lowest BCUT2D eigenvalue weighted by Gasteiger charge is -2.28. The lowest BCUT2D eigenvalue weighted by atomic mass is 9.86. The molecule has 1 aliphatic rings. The Balaban J connectivity index is 1.73. The van der Waals surface area contributed by atoms with E-state index in [-0.39, 0.29) is 31.2 Å². The molecule has 0 bridgehead atoms. The number of alkyl halides is 5. The van der Waals surface area contributed by atoms with Crippen molar-refractivity contribution in [2.45, 2.75) is 50.9 Å². The first-order chi connectivity index (χ1) is 20.6. The molecule has 7 nitrogen and oxygen atoms in total. The molecule has 0 unspecified atom stereocenters. The minimum atomic E-state index is -5.14. The molecule has 1 amide bonds. The number of Topliss-reactive ketones (excluding diaryl/α,β-unsaturated/α-hetero) is 1. The van der Waals surface area contributed by atoms with Crippen LogP contribution in [0.25, 0.3) is 0 Å². The van der Waals surface area contributed by atoms with Gasteiger partial charge >= 0.3 is 12.1 Å². The number of nitrogens with zero attached hydrogens (tertiary/aromatic N) is 3. The fraction of sp³-hybridized carbons (Fsp3) is 0.357. The van der Waals surface area contributed by atoms with Gasteiger partial charge < -0.3 is 10.0 Å². The van der Waals surface area contributed by atoms with Crippen LogP contribution in [0, 0.1) is 17.6 Å². The van der Waals surface area contributed by atoms with Gasteiger partial charge in [0.05, 0.1) is 45.9 Å². The van der Waals surface area contributed by atoms with E-state index >= 15 is 0 Å². The Hall–Kier alpha value is -3.65. The van der Waals surface area contributed by atoms with Crippen molar-refractivity contribution in [2.75, 3.05) is 6.54 Å². The van der Waals surface area contributed by atoms with Gasteiger partial charge in [-0.2, -0.15) is 18.3 Å². The average Bonchev–Trinajstić information content (AvgIpc) is 3.37. The number of benzene rings is 2. The Kier molecular flexibility index (Phi) is 9.93. The number of carboxylic acid groups (broad SMARTS) is 1. The van der Waals surface area contributed by atoms with Crippen LogP contribution in [-0.2, 0) is 17.5 Å². The number of halogens is 9. The van der Waals surface area contributed by atoms with Crippen LogP contribution in [0.4, 0.5) is 30.7 Å². The molecule has 0 radical (unpaired) electrons. The molecular weight excluding hydrogens is 646 g/mol. The molecule has 16 heteroatoms. The van der Waals surface area contributed by atoms with Crippen molar-refractivity contribution in [1.82, 2.24) is 14.7 Å². The fourth-order valence-electron chi connectivity index (χ4n) is 5.18. The van der Waals surface area contributed by atoms with Crippen molar-refractivity contribution in [2.24, 2.45) is 5.92 Å². The van der Waals surface area contributed by atoms with Crippen LogP contribution >= 0.6 is 23.2 Å². The number of ketones is 1. The first-order valence-electron chi connectivity index (χ1n) is 13.0. The topological polar surface area (TPSA) is 92.5 Å². The Morgan fingerprint density at radius 2 is 1.55 bits per heavy atom. The second-order valence-corrected chi connectivity index (χ2v) is 11.0. The quantitative estimate of drug-likeness (QED) is 0.186. The van der Waals surface area contributed by atoms with Gasteiger partial charge in [0.1, 0.15) is 11.6 Å². The number of aromatic nitrogens is 2. The smallest absolute Gasteiger partial charge is 0.433 e. The van der Waals surface area contributed by atoms with E-state index in [1.54, 1.807) is 0 Å². The van der Waals surface area contributed by atoms with Crippen LogP contribution < -0.4 is 0 Å². The van der Waals surface area contributed by atoms with Gasteiger partial charge in [-0.25, -0.2) is 17.6 Å². The van der Waals surface area contributed by atoms with Crippen molar-refractivity contribution in [3.63, 3.8) is 0 Å². The van der Waals surface area contributed by atoms with Crippen LogP contribution in [0.2, 0.25) is 10.0 Å². The van der Waals surface area contributed by atoms with E-state index in [0.717, 1.165) is 24.3 Å². The highest BCUT2D eigenvalue weighted by Gasteiger charge is 2.43. The lowest BCUT2D eigenvalue weighted by Crippen LogP contribution is -2.37. The summed E-state index contributed by atoms with van der Waals surface area (Å²) in [7, 11) is 0. The normalized spacial score (nSPS) is 17.1. The molecule has 3 aromatic rings. The molecule has 0 spiro atoms. The summed E-state index contributed by atoms with van der Waals surface area (Å²) in [6, 6.07) is 2.78. The third-order valence-corrected chi connectivity index (χ3v) is 7.80. The zero-order valence-corrected chi connectivity index (χ0v) is 23.9. The Morgan fingerprint density at radius 1 is 0.977 bits per heavy atom. The number of carboxylic acids is 1. The first-order valence-corrected chi connectivity index (χ1v) is 13.7. The largest absolute Gasteiger partial charge is 0.481 e.